The molecule has 5 nitrogen and oxygen atoms in total. The fraction of sp³-hybridized carbons (Fsp3) is 0.667. The number of carbonyl (C=O) groups excluding carboxylic acids is 1. The largest absolute Gasteiger partial charge is 0.394 e. The first-order valence-electron chi connectivity index (χ1n) is 5.89. The average molecular weight is 272 g/mol. The molecule has 18 heavy (non-hydrogen) atoms. The molecule has 2 N–H and O–H groups in total. The average Bonchev–Trinajstić information content (AvgIpc) is 2.66. The van der Waals surface area contributed by atoms with Gasteiger partial charge in [0.05, 0.1) is 24.8 Å². The first-order valence-corrected chi connectivity index (χ1v) is 7.28. The molecule has 0 bridgehead atoms. The minimum Gasteiger partial charge on any atom is -0.394 e. The molecule has 0 aliphatic heterocycles. The third kappa shape index (κ3) is 4.34. The number of aryl methyl sites for hydroxylation is 2. The van der Waals surface area contributed by atoms with Crippen molar-refractivity contribution in [3.8, 4) is 0 Å². The number of hydrogen-bond acceptors (Lipinski definition) is 5. The molecule has 0 fully saturated rings. The van der Waals surface area contributed by atoms with Crippen LogP contribution in [-0.2, 0) is 11.2 Å². The van der Waals surface area contributed by atoms with Crippen LogP contribution in [0.25, 0.3) is 0 Å². The van der Waals surface area contributed by atoms with Crippen LogP contribution in [0.2, 0.25) is 0 Å². The van der Waals surface area contributed by atoms with Crippen LogP contribution >= 0.6 is 11.8 Å². The molecule has 1 aromatic rings. The number of thioether (sulfide) groups is 1. The third-order valence-corrected chi connectivity index (χ3v) is 3.42. The minimum absolute atomic E-state index is 0.0338. The van der Waals surface area contributed by atoms with Crippen molar-refractivity contribution in [2.75, 3.05) is 18.6 Å². The van der Waals surface area contributed by atoms with Gasteiger partial charge in [0.15, 0.2) is 0 Å². The molecule has 1 heterocycles. The topological polar surface area (TPSA) is 75.4 Å². The fourth-order valence-corrected chi connectivity index (χ4v) is 2.18. The first kappa shape index (κ1) is 15.0. The predicted octanol–water partition coefficient (Wildman–Crippen LogP) is 1.06. The van der Waals surface area contributed by atoms with Crippen LogP contribution in [0.15, 0.2) is 4.52 Å². The highest BCUT2D eigenvalue weighted by Gasteiger charge is 2.16. The van der Waals surface area contributed by atoms with E-state index in [1.54, 1.807) is 18.7 Å². The summed E-state index contributed by atoms with van der Waals surface area (Å²) in [6.07, 6.45) is 3.02. The van der Waals surface area contributed by atoms with Crippen LogP contribution in [0.5, 0.6) is 0 Å². The standard InChI is InChI=1S/C12H20N2O3S/c1-8-11(9(2)17-14-8)6-12(16)13-10(7-15)4-5-18-3/h10,15H,4-7H2,1-3H3,(H,13,16)/t10-/m1/s1. The molecule has 1 rings (SSSR count). The van der Waals surface area contributed by atoms with Crippen molar-refractivity contribution in [1.29, 1.82) is 0 Å². The van der Waals surface area contributed by atoms with Crippen molar-refractivity contribution in [2.45, 2.75) is 32.7 Å². The van der Waals surface area contributed by atoms with Gasteiger partial charge in [-0.15, -0.1) is 0 Å². The Bertz CT molecular complexity index is 373. The molecule has 0 saturated heterocycles. The number of amides is 1. The van der Waals surface area contributed by atoms with Gasteiger partial charge in [0, 0.05) is 5.56 Å². The first-order chi connectivity index (χ1) is 8.58. The maximum absolute atomic E-state index is 11.8. The molecule has 0 unspecified atom stereocenters. The third-order valence-electron chi connectivity index (χ3n) is 2.77. The number of hydrogen-bond donors (Lipinski definition) is 2. The second-order valence-corrected chi connectivity index (χ2v) is 5.19. The number of aromatic nitrogens is 1. The number of carbonyl (C=O) groups is 1. The summed E-state index contributed by atoms with van der Waals surface area (Å²) in [7, 11) is 0. The zero-order valence-electron chi connectivity index (χ0n) is 11.0. The molecule has 1 amide bonds. The van der Waals surface area contributed by atoms with Crippen molar-refractivity contribution < 1.29 is 14.4 Å². The Morgan fingerprint density at radius 1 is 1.56 bits per heavy atom. The Morgan fingerprint density at radius 3 is 2.78 bits per heavy atom. The zero-order chi connectivity index (χ0) is 13.5. The zero-order valence-corrected chi connectivity index (χ0v) is 11.8. The summed E-state index contributed by atoms with van der Waals surface area (Å²) in [6, 6.07) is -0.176. The number of nitrogens with zero attached hydrogens (tertiary/aromatic N) is 1. The second-order valence-electron chi connectivity index (χ2n) is 4.21. The molecule has 1 aromatic heterocycles. The van der Waals surface area contributed by atoms with Crippen LogP contribution in [0.3, 0.4) is 0 Å². The summed E-state index contributed by atoms with van der Waals surface area (Å²) >= 11 is 1.70. The summed E-state index contributed by atoms with van der Waals surface area (Å²) in [5, 5.41) is 15.8. The van der Waals surface area contributed by atoms with Crippen LogP contribution in [-0.4, -0.2) is 40.8 Å². The van der Waals surface area contributed by atoms with Crippen molar-refractivity contribution >= 4 is 17.7 Å². The number of rotatable bonds is 7. The monoisotopic (exact) mass is 272 g/mol. The summed E-state index contributed by atoms with van der Waals surface area (Å²) in [6.45, 7) is 3.57. The smallest absolute Gasteiger partial charge is 0.224 e. The van der Waals surface area contributed by atoms with Gasteiger partial charge in [-0.2, -0.15) is 11.8 Å². The van der Waals surface area contributed by atoms with E-state index in [-0.39, 0.29) is 25.0 Å². The highest BCUT2D eigenvalue weighted by atomic mass is 32.2. The number of aliphatic hydroxyl groups is 1. The molecule has 0 saturated carbocycles. The molecular formula is C12H20N2O3S. The van der Waals surface area contributed by atoms with E-state index in [9.17, 15) is 9.90 Å². The van der Waals surface area contributed by atoms with Crippen molar-refractivity contribution in [3.63, 3.8) is 0 Å². The van der Waals surface area contributed by atoms with Crippen molar-refractivity contribution in [2.24, 2.45) is 0 Å². The SMILES string of the molecule is CSCC[C@H](CO)NC(=O)Cc1c(C)noc1C. The molecule has 0 radical (unpaired) electrons. The van der Waals surface area contributed by atoms with E-state index in [1.807, 2.05) is 13.2 Å². The fourth-order valence-electron chi connectivity index (χ4n) is 1.66. The van der Waals surface area contributed by atoms with Crippen LogP contribution < -0.4 is 5.32 Å². The number of nitrogens with one attached hydrogen (secondary N) is 1. The van der Waals surface area contributed by atoms with Crippen LogP contribution in [0, 0.1) is 13.8 Å². The van der Waals surface area contributed by atoms with Gasteiger partial charge in [0.1, 0.15) is 5.76 Å². The van der Waals surface area contributed by atoms with Gasteiger partial charge in [0.25, 0.3) is 0 Å². The van der Waals surface area contributed by atoms with Gasteiger partial charge in [0.2, 0.25) is 5.91 Å². The lowest BCUT2D eigenvalue weighted by Gasteiger charge is -2.15. The van der Waals surface area contributed by atoms with Crippen molar-refractivity contribution in [1.82, 2.24) is 10.5 Å². The van der Waals surface area contributed by atoms with E-state index < -0.39 is 0 Å². The molecule has 0 aromatic carbocycles. The van der Waals surface area contributed by atoms with E-state index in [1.165, 1.54) is 0 Å². The summed E-state index contributed by atoms with van der Waals surface area (Å²) in [5.41, 5.74) is 1.57. The van der Waals surface area contributed by atoms with Gasteiger partial charge >= 0.3 is 0 Å². The lowest BCUT2D eigenvalue weighted by atomic mass is 10.1. The van der Waals surface area contributed by atoms with E-state index in [0.29, 0.717) is 5.76 Å². The predicted molar refractivity (Wildman–Crippen MR) is 71.7 cm³/mol. The van der Waals surface area contributed by atoms with Crippen LogP contribution in [0.1, 0.15) is 23.4 Å². The molecule has 0 spiro atoms. The van der Waals surface area contributed by atoms with Gasteiger partial charge in [-0.05, 0) is 32.3 Å². The van der Waals surface area contributed by atoms with E-state index in [0.717, 1.165) is 23.4 Å². The highest BCUT2D eigenvalue weighted by Crippen LogP contribution is 2.12. The number of aliphatic hydroxyl groups excluding tert-OH is 1. The van der Waals surface area contributed by atoms with E-state index >= 15 is 0 Å². The maximum atomic E-state index is 11.8. The van der Waals surface area contributed by atoms with Gasteiger partial charge in [-0.1, -0.05) is 5.16 Å². The normalized spacial score (nSPS) is 12.4. The Labute approximate surface area is 111 Å². The Morgan fingerprint density at radius 2 is 2.28 bits per heavy atom. The highest BCUT2D eigenvalue weighted by molar-refractivity contribution is 7.98. The maximum Gasteiger partial charge on any atom is 0.224 e. The molecular weight excluding hydrogens is 252 g/mol. The summed E-state index contributed by atoms with van der Waals surface area (Å²) in [4.78, 5) is 11.8. The van der Waals surface area contributed by atoms with Gasteiger partial charge < -0.3 is 14.9 Å². The van der Waals surface area contributed by atoms with E-state index in [2.05, 4.69) is 10.5 Å². The Balaban J connectivity index is 2.50. The molecule has 1 atom stereocenters. The lowest BCUT2D eigenvalue weighted by Crippen LogP contribution is -2.38. The molecule has 0 aliphatic carbocycles. The van der Waals surface area contributed by atoms with Gasteiger partial charge in [-0.3, -0.25) is 4.79 Å². The van der Waals surface area contributed by atoms with Gasteiger partial charge in [-0.25, -0.2) is 0 Å². The summed E-state index contributed by atoms with van der Waals surface area (Å²) < 4.78 is 5.01. The Hall–Kier alpha value is -1.01. The molecule has 6 heteroatoms. The lowest BCUT2D eigenvalue weighted by molar-refractivity contribution is -0.121. The second kappa shape index (κ2) is 7.43. The quantitative estimate of drug-likeness (QED) is 0.776. The van der Waals surface area contributed by atoms with Crippen LogP contribution in [0.4, 0.5) is 0 Å². The molecule has 0 aliphatic rings. The minimum atomic E-state index is -0.176. The van der Waals surface area contributed by atoms with Crippen molar-refractivity contribution in [3.05, 3.63) is 17.0 Å². The Kier molecular flexibility index (Phi) is 6.21. The summed E-state index contributed by atoms with van der Waals surface area (Å²) in [5.74, 6) is 1.48. The van der Waals surface area contributed by atoms with E-state index in [4.69, 9.17) is 4.52 Å². The molecule has 102 valence electrons.